The van der Waals surface area contributed by atoms with Crippen LogP contribution in [0.15, 0.2) is 12.4 Å². The van der Waals surface area contributed by atoms with Crippen molar-refractivity contribution in [2.24, 2.45) is 0 Å². The highest BCUT2D eigenvalue weighted by Gasteiger charge is 2.52. The van der Waals surface area contributed by atoms with E-state index < -0.39 is 36.1 Å². The Morgan fingerprint density at radius 2 is 1.77 bits per heavy atom. The van der Waals surface area contributed by atoms with Crippen LogP contribution in [-0.2, 0) is 18.8 Å². The molecule has 0 unspecified atom stereocenters. The molecule has 0 aromatic carbocycles. The number of anilines is 1. The topological polar surface area (TPSA) is 106 Å². The summed E-state index contributed by atoms with van der Waals surface area (Å²) in [5.74, 6) is 0.440. The molecular weight excluding hydrogens is 449 g/mol. The largest absolute Gasteiger partial charge is 0.498 e. The minimum absolute atomic E-state index is 0.0227. The molecule has 0 radical (unpaired) electrons. The molecule has 2 amide bonds. The molecule has 2 fully saturated rings. The summed E-state index contributed by atoms with van der Waals surface area (Å²) in [7, 11) is 1.26. The maximum Gasteiger partial charge on any atom is 0.498 e. The van der Waals surface area contributed by atoms with Crippen LogP contribution in [0.1, 0.15) is 68.2 Å². The third-order valence-electron chi connectivity index (χ3n) is 6.86. The molecule has 1 N–H and O–H groups in total. The van der Waals surface area contributed by atoms with Crippen LogP contribution in [0.5, 0.6) is 0 Å². The van der Waals surface area contributed by atoms with Crippen LogP contribution in [0.2, 0.25) is 0 Å². The average molecular weight is 489 g/mol. The molecule has 2 atom stereocenters. The van der Waals surface area contributed by atoms with E-state index in [1.165, 1.54) is 0 Å². The summed E-state index contributed by atoms with van der Waals surface area (Å²) in [5, 5.41) is 2.63. The standard InChI is InChI=1S/C24H40BN5O5/c1-16(28-21(32)33-22(2,3)4)19(31)29(9)18-11-10-12-30(15-18)20-26-13-17(14-27-20)25-34-23(5,6)24(7,8)35-25/h13-14,16,18H,10-12,15H2,1-9H3,(H,28,32)/t16-,18-/m1/s1. The minimum Gasteiger partial charge on any atom is -0.444 e. The van der Waals surface area contributed by atoms with E-state index in [2.05, 4.69) is 20.2 Å². The molecule has 35 heavy (non-hydrogen) atoms. The Kier molecular flexibility index (Phi) is 7.71. The second-order valence-corrected chi connectivity index (χ2v) is 11.5. The number of nitrogens with one attached hydrogen (secondary N) is 1. The molecule has 2 saturated heterocycles. The van der Waals surface area contributed by atoms with Crippen LogP contribution in [-0.4, -0.2) is 83.0 Å². The van der Waals surface area contributed by atoms with Crippen LogP contribution in [0.25, 0.3) is 0 Å². The fourth-order valence-corrected chi connectivity index (χ4v) is 4.08. The fraction of sp³-hybridized carbons (Fsp3) is 0.750. The molecular formula is C24H40BN5O5. The monoisotopic (exact) mass is 489 g/mol. The summed E-state index contributed by atoms with van der Waals surface area (Å²) in [4.78, 5) is 37.9. The van der Waals surface area contributed by atoms with Crippen molar-refractivity contribution in [3.8, 4) is 0 Å². The van der Waals surface area contributed by atoms with Gasteiger partial charge in [0.05, 0.1) is 11.2 Å². The van der Waals surface area contributed by atoms with Gasteiger partial charge < -0.3 is 29.2 Å². The molecule has 0 bridgehead atoms. The molecule has 3 rings (SSSR count). The molecule has 2 aliphatic rings. The van der Waals surface area contributed by atoms with Gasteiger partial charge in [-0.1, -0.05) is 0 Å². The van der Waals surface area contributed by atoms with Crippen LogP contribution < -0.4 is 15.7 Å². The number of nitrogens with zero attached hydrogens (tertiary/aromatic N) is 4. The number of carbonyl (C=O) groups is 2. The number of hydrogen-bond acceptors (Lipinski definition) is 8. The average Bonchev–Trinajstić information content (AvgIpc) is 2.98. The summed E-state index contributed by atoms with van der Waals surface area (Å²) in [6, 6.07) is -0.716. The van der Waals surface area contributed by atoms with Crippen LogP contribution >= 0.6 is 0 Å². The first-order valence-corrected chi connectivity index (χ1v) is 12.3. The lowest BCUT2D eigenvalue weighted by molar-refractivity contribution is -0.134. The number of likely N-dealkylation sites (N-methyl/N-ethyl adjacent to an activating group) is 1. The third-order valence-corrected chi connectivity index (χ3v) is 6.86. The van der Waals surface area contributed by atoms with Crippen molar-refractivity contribution in [3.63, 3.8) is 0 Å². The Balaban J connectivity index is 1.59. The molecule has 3 heterocycles. The number of piperidine rings is 1. The van der Waals surface area contributed by atoms with E-state index in [1.54, 1.807) is 52.0 Å². The molecule has 0 spiro atoms. The second-order valence-electron chi connectivity index (χ2n) is 11.5. The quantitative estimate of drug-likeness (QED) is 0.627. The molecule has 0 saturated carbocycles. The first kappa shape index (κ1) is 27.2. The van der Waals surface area contributed by atoms with E-state index in [9.17, 15) is 9.59 Å². The van der Waals surface area contributed by atoms with Crippen molar-refractivity contribution < 1.29 is 23.6 Å². The van der Waals surface area contributed by atoms with Gasteiger partial charge in [0.15, 0.2) is 0 Å². The molecule has 2 aliphatic heterocycles. The summed E-state index contributed by atoms with van der Waals surface area (Å²) in [6.07, 6.45) is 4.65. The van der Waals surface area contributed by atoms with Gasteiger partial charge in [-0.3, -0.25) is 4.79 Å². The predicted octanol–water partition coefficient (Wildman–Crippen LogP) is 2.12. The van der Waals surface area contributed by atoms with Gasteiger partial charge in [-0.2, -0.15) is 0 Å². The zero-order valence-corrected chi connectivity index (χ0v) is 22.5. The van der Waals surface area contributed by atoms with Gasteiger partial charge in [0.1, 0.15) is 11.6 Å². The SMILES string of the molecule is C[C@@H](NC(=O)OC(C)(C)C)C(=O)N(C)[C@@H]1CCCN(c2ncc(B3OC(C)(C)C(C)(C)O3)cn2)C1. The van der Waals surface area contributed by atoms with Crippen molar-refractivity contribution in [2.75, 3.05) is 25.0 Å². The molecule has 0 aliphatic carbocycles. The Bertz CT molecular complexity index is 902. The predicted molar refractivity (Wildman–Crippen MR) is 135 cm³/mol. The van der Waals surface area contributed by atoms with E-state index >= 15 is 0 Å². The van der Waals surface area contributed by atoms with E-state index in [-0.39, 0.29) is 11.9 Å². The van der Waals surface area contributed by atoms with Crippen molar-refractivity contribution in [2.45, 2.75) is 97.1 Å². The van der Waals surface area contributed by atoms with Gasteiger partial charge in [-0.15, -0.1) is 0 Å². The first-order valence-electron chi connectivity index (χ1n) is 12.3. The second kappa shape index (κ2) is 9.93. The summed E-state index contributed by atoms with van der Waals surface area (Å²) in [6.45, 7) is 16.5. The lowest BCUT2D eigenvalue weighted by Gasteiger charge is -2.38. The number of hydrogen-bond donors (Lipinski definition) is 1. The zero-order valence-electron chi connectivity index (χ0n) is 22.5. The normalized spacial score (nSPS) is 22.5. The lowest BCUT2D eigenvalue weighted by Crippen LogP contribution is -2.54. The molecule has 10 nitrogen and oxygen atoms in total. The fourth-order valence-electron chi connectivity index (χ4n) is 4.08. The van der Waals surface area contributed by atoms with Gasteiger partial charge in [-0.05, 0) is 68.2 Å². The summed E-state index contributed by atoms with van der Waals surface area (Å²) < 4.78 is 17.4. The van der Waals surface area contributed by atoms with Crippen molar-refractivity contribution in [1.29, 1.82) is 0 Å². The van der Waals surface area contributed by atoms with Crippen LogP contribution in [0.3, 0.4) is 0 Å². The van der Waals surface area contributed by atoms with E-state index in [0.29, 0.717) is 12.5 Å². The lowest BCUT2D eigenvalue weighted by atomic mass is 9.81. The number of ether oxygens (including phenoxy) is 1. The molecule has 1 aromatic rings. The number of carbonyl (C=O) groups excluding carboxylic acids is 2. The minimum atomic E-state index is -0.694. The highest BCUT2D eigenvalue weighted by molar-refractivity contribution is 6.61. The van der Waals surface area contributed by atoms with Gasteiger partial charge in [0.2, 0.25) is 11.9 Å². The van der Waals surface area contributed by atoms with Gasteiger partial charge in [0, 0.05) is 44.0 Å². The van der Waals surface area contributed by atoms with Gasteiger partial charge in [0.25, 0.3) is 0 Å². The Hall–Kier alpha value is -2.40. The van der Waals surface area contributed by atoms with E-state index in [4.69, 9.17) is 14.0 Å². The van der Waals surface area contributed by atoms with Crippen molar-refractivity contribution in [3.05, 3.63) is 12.4 Å². The third kappa shape index (κ3) is 6.44. The maximum atomic E-state index is 13.0. The first-order chi connectivity index (χ1) is 16.1. The van der Waals surface area contributed by atoms with Crippen molar-refractivity contribution in [1.82, 2.24) is 20.2 Å². The Labute approximate surface area is 209 Å². The maximum absolute atomic E-state index is 13.0. The number of alkyl carbamates (subject to hydrolysis) is 1. The van der Waals surface area contributed by atoms with Crippen molar-refractivity contribution >= 4 is 30.5 Å². The molecule has 194 valence electrons. The summed E-state index contributed by atoms with van der Waals surface area (Å²) in [5.41, 5.74) is -0.706. The molecule has 11 heteroatoms. The zero-order chi connectivity index (χ0) is 26.2. The van der Waals surface area contributed by atoms with Crippen LogP contribution in [0, 0.1) is 0 Å². The highest BCUT2D eigenvalue weighted by atomic mass is 16.7. The van der Waals surface area contributed by atoms with Gasteiger partial charge >= 0.3 is 13.2 Å². The Morgan fingerprint density at radius 1 is 1.20 bits per heavy atom. The van der Waals surface area contributed by atoms with E-state index in [1.807, 2.05) is 27.7 Å². The van der Waals surface area contributed by atoms with E-state index in [0.717, 1.165) is 24.8 Å². The summed E-state index contributed by atoms with van der Waals surface area (Å²) >= 11 is 0. The smallest absolute Gasteiger partial charge is 0.444 e. The number of amides is 2. The van der Waals surface area contributed by atoms with Gasteiger partial charge in [-0.25, -0.2) is 14.8 Å². The Morgan fingerprint density at radius 3 is 2.31 bits per heavy atom. The highest BCUT2D eigenvalue weighted by Crippen LogP contribution is 2.36. The number of rotatable bonds is 5. The van der Waals surface area contributed by atoms with Crippen LogP contribution in [0.4, 0.5) is 10.7 Å². The number of aromatic nitrogens is 2. The molecule has 1 aromatic heterocycles.